The van der Waals surface area contributed by atoms with E-state index < -0.39 is 109 Å². The van der Waals surface area contributed by atoms with Crippen LogP contribution in [-0.4, -0.2) is 126 Å². The first-order valence-corrected chi connectivity index (χ1v) is 18.2. The molecule has 21 nitrogen and oxygen atoms in total. The van der Waals surface area contributed by atoms with Crippen molar-refractivity contribution in [1.29, 1.82) is 0 Å². The molecule has 21 heteroatoms. The van der Waals surface area contributed by atoms with E-state index in [1.165, 1.54) is 0 Å². The number of carbonyl (C=O) groups is 10. The molecule has 1 aliphatic rings. The van der Waals surface area contributed by atoms with Crippen molar-refractivity contribution >= 4 is 59.2 Å². The van der Waals surface area contributed by atoms with E-state index in [0.717, 1.165) is 6.42 Å². The van der Waals surface area contributed by atoms with E-state index in [1.54, 1.807) is 13.8 Å². The standard InChI is InChI=1S/C34H57N9O12/c1-19(2)8-10-25(45)36-12-6-5-7-22(31(53)38-15-24(35)44)41-27(47)17-40-33(55)34(14-21(34)13-30(51)52)43-28(48)18-39-32(54)23(9-11-29(49)50)42-26(46)16-37-20(3)4/h19-23,37H,5-18H2,1-4H3,(H2,35,44)(H,36,45)(H,38,53)(H,39,54)(H,40,55)(H,41,47)(H,42,46)(H,43,48)(H,49,50)(H,51,52)/t21?,22-,23-,34?/m1/s1. The third kappa shape index (κ3) is 20.1. The number of carboxylic acids is 2. The number of nitrogens with one attached hydrogen (secondary N) is 8. The largest absolute Gasteiger partial charge is 0.481 e. The van der Waals surface area contributed by atoms with Gasteiger partial charge in [-0.3, -0.25) is 47.9 Å². The minimum Gasteiger partial charge on any atom is -0.481 e. The summed E-state index contributed by atoms with van der Waals surface area (Å²) >= 11 is 0. The lowest BCUT2D eigenvalue weighted by Crippen LogP contribution is -2.56. The van der Waals surface area contributed by atoms with E-state index in [9.17, 15) is 53.1 Å². The number of rotatable bonds is 28. The highest BCUT2D eigenvalue weighted by Crippen LogP contribution is 2.46. The number of hydrogen-bond acceptors (Lipinski definition) is 11. The third-order valence-corrected chi connectivity index (χ3v) is 8.38. The van der Waals surface area contributed by atoms with E-state index in [2.05, 4.69) is 42.5 Å². The zero-order valence-corrected chi connectivity index (χ0v) is 31.8. The highest BCUT2D eigenvalue weighted by atomic mass is 16.4. The Morgan fingerprint density at radius 2 is 1.24 bits per heavy atom. The SMILES string of the molecule is CC(C)CCC(=O)NCCCC[C@@H](NC(=O)CNC(=O)C1(NC(=O)CNC(=O)[C@@H](CCC(=O)O)NC(=O)CNC(C)C)CC1CC(=O)O)C(=O)NCC(N)=O. The molecule has 0 radical (unpaired) electrons. The Morgan fingerprint density at radius 1 is 0.655 bits per heavy atom. The van der Waals surface area contributed by atoms with Gasteiger partial charge in [0.2, 0.25) is 47.3 Å². The van der Waals surface area contributed by atoms with Crippen molar-refractivity contribution in [3.8, 4) is 0 Å². The van der Waals surface area contributed by atoms with Crippen LogP contribution in [0.25, 0.3) is 0 Å². The fourth-order valence-electron chi connectivity index (χ4n) is 5.28. The Bertz CT molecular complexity index is 1410. The zero-order chi connectivity index (χ0) is 41.7. The summed E-state index contributed by atoms with van der Waals surface area (Å²) in [6.45, 7) is 5.87. The minimum absolute atomic E-state index is 0.0494. The molecule has 2 unspecified atom stereocenters. The van der Waals surface area contributed by atoms with E-state index in [0.29, 0.717) is 31.7 Å². The first-order valence-electron chi connectivity index (χ1n) is 18.2. The molecule has 310 valence electrons. The maximum absolute atomic E-state index is 13.3. The highest BCUT2D eigenvalue weighted by molar-refractivity contribution is 5.99. The van der Waals surface area contributed by atoms with Crippen LogP contribution < -0.4 is 48.3 Å². The highest BCUT2D eigenvalue weighted by Gasteiger charge is 2.61. The molecule has 12 N–H and O–H groups in total. The van der Waals surface area contributed by atoms with Gasteiger partial charge in [-0.25, -0.2) is 0 Å². The summed E-state index contributed by atoms with van der Waals surface area (Å²) in [5.74, 6) is -8.72. The van der Waals surface area contributed by atoms with Crippen LogP contribution in [0.15, 0.2) is 0 Å². The normalized spacial score (nSPS) is 16.9. The fourth-order valence-corrected chi connectivity index (χ4v) is 5.28. The van der Waals surface area contributed by atoms with E-state index in [4.69, 9.17) is 10.8 Å². The molecule has 0 aliphatic heterocycles. The van der Waals surface area contributed by atoms with Gasteiger partial charge in [0, 0.05) is 31.3 Å². The summed E-state index contributed by atoms with van der Waals surface area (Å²) < 4.78 is 0. The van der Waals surface area contributed by atoms with E-state index in [1.807, 2.05) is 13.8 Å². The lowest BCUT2D eigenvalue weighted by molar-refractivity contribution is -0.138. The Labute approximate surface area is 319 Å². The molecule has 0 spiro atoms. The molecule has 1 fully saturated rings. The molecule has 1 aliphatic carbocycles. The Hall–Kier alpha value is -5.34. The number of unbranched alkanes of at least 4 members (excludes halogenated alkanes) is 1. The Kier molecular flexibility index (Phi) is 20.9. The lowest BCUT2D eigenvalue weighted by atomic mass is 10.1. The van der Waals surface area contributed by atoms with Gasteiger partial charge in [0.25, 0.3) is 0 Å². The minimum atomic E-state index is -1.75. The van der Waals surface area contributed by atoms with Crippen LogP contribution in [-0.2, 0) is 47.9 Å². The van der Waals surface area contributed by atoms with Gasteiger partial charge in [-0.1, -0.05) is 27.7 Å². The second-order valence-electron chi connectivity index (χ2n) is 14.1. The van der Waals surface area contributed by atoms with Gasteiger partial charge in [0.05, 0.1) is 32.6 Å². The number of hydrogen-bond donors (Lipinski definition) is 11. The molecule has 8 amide bonds. The predicted molar refractivity (Wildman–Crippen MR) is 194 cm³/mol. The molecule has 1 rings (SSSR count). The van der Waals surface area contributed by atoms with Gasteiger partial charge < -0.3 is 58.5 Å². The first-order chi connectivity index (χ1) is 25.7. The van der Waals surface area contributed by atoms with Crippen LogP contribution in [0.5, 0.6) is 0 Å². The van der Waals surface area contributed by atoms with E-state index >= 15 is 0 Å². The molecule has 0 heterocycles. The number of nitrogens with two attached hydrogens (primary N) is 1. The Balaban J connectivity index is 2.85. The molecular weight excluding hydrogens is 726 g/mol. The summed E-state index contributed by atoms with van der Waals surface area (Å²) in [6, 6.07) is -2.50. The van der Waals surface area contributed by atoms with Crippen molar-refractivity contribution < 1.29 is 58.2 Å². The number of amides is 8. The van der Waals surface area contributed by atoms with Crippen molar-refractivity contribution in [2.24, 2.45) is 17.6 Å². The molecule has 0 aromatic carbocycles. The monoisotopic (exact) mass is 783 g/mol. The third-order valence-electron chi connectivity index (χ3n) is 8.38. The molecule has 1 saturated carbocycles. The molecule has 0 aromatic heterocycles. The average Bonchev–Trinajstić information content (AvgIpc) is 3.78. The summed E-state index contributed by atoms with van der Waals surface area (Å²) in [7, 11) is 0. The summed E-state index contributed by atoms with van der Waals surface area (Å²) in [5.41, 5.74) is 3.36. The van der Waals surface area contributed by atoms with Gasteiger partial charge in [-0.2, -0.15) is 0 Å². The molecule has 0 saturated heterocycles. The van der Waals surface area contributed by atoms with Crippen molar-refractivity contribution in [3.63, 3.8) is 0 Å². The second-order valence-corrected chi connectivity index (χ2v) is 14.1. The molecule has 55 heavy (non-hydrogen) atoms. The van der Waals surface area contributed by atoms with Crippen molar-refractivity contribution in [3.05, 3.63) is 0 Å². The van der Waals surface area contributed by atoms with Crippen molar-refractivity contribution in [2.45, 2.75) is 109 Å². The molecule has 0 aromatic rings. The average molecular weight is 784 g/mol. The second kappa shape index (κ2) is 24.1. The van der Waals surface area contributed by atoms with Gasteiger partial charge in [0.1, 0.15) is 17.6 Å². The maximum atomic E-state index is 13.3. The quantitative estimate of drug-likeness (QED) is 0.0348. The number of primary amides is 1. The predicted octanol–water partition coefficient (Wildman–Crippen LogP) is -3.28. The van der Waals surface area contributed by atoms with Gasteiger partial charge >= 0.3 is 11.9 Å². The van der Waals surface area contributed by atoms with Crippen molar-refractivity contribution in [2.75, 3.05) is 32.7 Å². The van der Waals surface area contributed by atoms with Crippen LogP contribution >= 0.6 is 0 Å². The van der Waals surface area contributed by atoms with Crippen LogP contribution in [0.1, 0.15) is 85.5 Å². The van der Waals surface area contributed by atoms with Crippen molar-refractivity contribution in [1.82, 2.24) is 42.5 Å². The summed E-state index contributed by atoms with van der Waals surface area (Å²) in [6.07, 6.45) is 0.706. The Morgan fingerprint density at radius 3 is 1.80 bits per heavy atom. The number of carboxylic acid groups (broad SMARTS) is 2. The fraction of sp³-hybridized carbons (Fsp3) is 0.706. The molecular formula is C34H57N9O12. The van der Waals surface area contributed by atoms with Crippen LogP contribution in [0.4, 0.5) is 0 Å². The number of carbonyl (C=O) groups excluding carboxylic acids is 8. The maximum Gasteiger partial charge on any atom is 0.303 e. The van der Waals surface area contributed by atoms with Gasteiger partial charge in [-0.15, -0.1) is 0 Å². The lowest BCUT2D eigenvalue weighted by Gasteiger charge is -2.22. The zero-order valence-electron chi connectivity index (χ0n) is 31.8. The first kappa shape index (κ1) is 47.7. The smallest absolute Gasteiger partial charge is 0.303 e. The molecule has 4 atom stereocenters. The van der Waals surface area contributed by atoms with Gasteiger partial charge in [0.15, 0.2) is 0 Å². The molecule has 0 bridgehead atoms. The topological polar surface area (TPSA) is 333 Å². The number of aliphatic carboxylic acids is 2. The summed E-state index contributed by atoms with van der Waals surface area (Å²) in [4.78, 5) is 123. The van der Waals surface area contributed by atoms with Gasteiger partial charge in [-0.05, 0) is 44.4 Å². The van der Waals surface area contributed by atoms with Crippen LogP contribution in [0.2, 0.25) is 0 Å². The summed E-state index contributed by atoms with van der Waals surface area (Å²) in [5, 5.41) is 38.2. The van der Waals surface area contributed by atoms with Crippen LogP contribution in [0, 0.1) is 11.8 Å². The van der Waals surface area contributed by atoms with E-state index in [-0.39, 0.29) is 37.8 Å². The van der Waals surface area contributed by atoms with Crippen LogP contribution in [0.3, 0.4) is 0 Å².